The molecule has 1 aromatic carbocycles. The number of rotatable bonds is 1. The topological polar surface area (TPSA) is 52.0 Å². The van der Waals surface area contributed by atoms with Crippen molar-refractivity contribution >= 4 is 28.1 Å². The predicted octanol–water partition coefficient (Wildman–Crippen LogP) is 3.28. The first-order valence-electron chi connectivity index (χ1n) is 4.63. The van der Waals surface area contributed by atoms with Crippen molar-refractivity contribution in [2.75, 3.05) is 5.73 Å². The number of nitrogen functional groups attached to an aromatic ring is 1. The van der Waals surface area contributed by atoms with E-state index in [4.69, 9.17) is 10.2 Å². The van der Waals surface area contributed by atoms with Crippen LogP contribution in [0, 0.1) is 5.82 Å². The lowest BCUT2D eigenvalue weighted by molar-refractivity contribution is 0.615. The van der Waals surface area contributed by atoms with Gasteiger partial charge in [-0.25, -0.2) is 9.37 Å². The van der Waals surface area contributed by atoms with Crippen molar-refractivity contribution in [2.24, 2.45) is 0 Å². The number of aromatic nitrogens is 1. The van der Waals surface area contributed by atoms with Crippen molar-refractivity contribution in [1.29, 1.82) is 0 Å². The second-order valence-electron chi connectivity index (χ2n) is 3.34. The van der Waals surface area contributed by atoms with Gasteiger partial charge in [0.25, 0.3) is 0 Å². The summed E-state index contributed by atoms with van der Waals surface area (Å²) < 4.78 is 18.5. The van der Waals surface area contributed by atoms with Gasteiger partial charge in [-0.15, -0.1) is 11.3 Å². The molecule has 5 heteroatoms. The van der Waals surface area contributed by atoms with E-state index in [-0.39, 0.29) is 5.82 Å². The molecule has 0 bridgehead atoms. The summed E-state index contributed by atoms with van der Waals surface area (Å²) in [5.41, 5.74) is 7.44. The SMILES string of the molecule is Nc1ccsc1-c1nc2cc(F)ccc2o1. The van der Waals surface area contributed by atoms with Crippen LogP contribution in [0.15, 0.2) is 34.1 Å². The fourth-order valence-electron chi connectivity index (χ4n) is 1.49. The molecule has 0 atom stereocenters. The third-order valence-corrected chi connectivity index (χ3v) is 3.16. The smallest absolute Gasteiger partial charge is 0.239 e. The van der Waals surface area contributed by atoms with Crippen molar-refractivity contribution < 1.29 is 8.81 Å². The minimum absolute atomic E-state index is 0.327. The van der Waals surface area contributed by atoms with Crippen molar-refractivity contribution in [3.63, 3.8) is 0 Å². The standard InChI is InChI=1S/C11H7FN2OS/c12-6-1-2-9-8(5-6)14-11(15-9)10-7(13)3-4-16-10/h1-5H,13H2. The van der Waals surface area contributed by atoms with Crippen LogP contribution < -0.4 is 5.73 Å². The van der Waals surface area contributed by atoms with Crippen LogP contribution in [0.5, 0.6) is 0 Å². The van der Waals surface area contributed by atoms with Gasteiger partial charge in [0, 0.05) is 6.07 Å². The zero-order chi connectivity index (χ0) is 11.1. The molecule has 80 valence electrons. The van der Waals surface area contributed by atoms with Gasteiger partial charge in [-0.1, -0.05) is 0 Å². The lowest BCUT2D eigenvalue weighted by Gasteiger charge is -1.90. The summed E-state index contributed by atoms with van der Waals surface area (Å²) in [6, 6.07) is 6.03. The molecule has 0 aliphatic carbocycles. The molecule has 3 nitrogen and oxygen atoms in total. The van der Waals surface area contributed by atoms with Crippen LogP contribution in [0.25, 0.3) is 21.9 Å². The molecule has 0 unspecified atom stereocenters. The molecule has 3 aromatic rings. The number of thiophene rings is 1. The molecule has 2 N–H and O–H groups in total. The highest BCUT2D eigenvalue weighted by molar-refractivity contribution is 7.14. The van der Waals surface area contributed by atoms with Gasteiger partial charge in [-0.3, -0.25) is 0 Å². The van der Waals surface area contributed by atoms with Crippen molar-refractivity contribution in [3.8, 4) is 10.8 Å². The van der Waals surface area contributed by atoms with Crippen LogP contribution in [-0.2, 0) is 0 Å². The summed E-state index contributed by atoms with van der Waals surface area (Å²) in [6.07, 6.45) is 0. The van der Waals surface area contributed by atoms with E-state index in [2.05, 4.69) is 4.98 Å². The second kappa shape index (κ2) is 3.31. The third kappa shape index (κ3) is 1.37. The molecular formula is C11H7FN2OS. The molecule has 0 amide bonds. The van der Waals surface area contributed by atoms with Crippen LogP contribution in [0.1, 0.15) is 0 Å². The average Bonchev–Trinajstić information content (AvgIpc) is 2.82. The van der Waals surface area contributed by atoms with Crippen LogP contribution in [-0.4, -0.2) is 4.98 Å². The van der Waals surface area contributed by atoms with Crippen LogP contribution in [0.4, 0.5) is 10.1 Å². The van der Waals surface area contributed by atoms with E-state index < -0.39 is 0 Å². The maximum atomic E-state index is 13.0. The van der Waals surface area contributed by atoms with Crippen molar-refractivity contribution in [3.05, 3.63) is 35.5 Å². The first kappa shape index (κ1) is 9.35. The van der Waals surface area contributed by atoms with Gasteiger partial charge in [-0.2, -0.15) is 0 Å². The summed E-state index contributed by atoms with van der Waals surface area (Å²) in [7, 11) is 0. The minimum atomic E-state index is -0.327. The normalized spacial score (nSPS) is 11.1. The van der Waals surface area contributed by atoms with E-state index in [1.807, 2.05) is 5.38 Å². The Morgan fingerprint density at radius 2 is 2.19 bits per heavy atom. The van der Waals surface area contributed by atoms with E-state index >= 15 is 0 Å². The number of fused-ring (bicyclic) bond motifs is 1. The Hall–Kier alpha value is -1.88. The molecule has 2 aromatic heterocycles. The molecular weight excluding hydrogens is 227 g/mol. The van der Waals surface area contributed by atoms with Gasteiger partial charge in [-0.05, 0) is 23.6 Å². The number of oxazole rings is 1. The van der Waals surface area contributed by atoms with Gasteiger partial charge in [0.2, 0.25) is 5.89 Å². The third-order valence-electron chi connectivity index (χ3n) is 2.24. The van der Waals surface area contributed by atoms with Crippen LogP contribution in [0.3, 0.4) is 0 Å². The van der Waals surface area contributed by atoms with Gasteiger partial charge in [0.05, 0.1) is 5.69 Å². The highest BCUT2D eigenvalue weighted by Crippen LogP contribution is 2.32. The highest BCUT2D eigenvalue weighted by atomic mass is 32.1. The number of anilines is 1. The van der Waals surface area contributed by atoms with Gasteiger partial charge in [0.1, 0.15) is 16.2 Å². The Balaban J connectivity index is 2.23. The average molecular weight is 234 g/mol. The number of nitrogens with zero attached hydrogens (tertiary/aromatic N) is 1. The molecule has 0 fully saturated rings. The highest BCUT2D eigenvalue weighted by Gasteiger charge is 2.12. The maximum absolute atomic E-state index is 13.0. The Morgan fingerprint density at radius 1 is 1.31 bits per heavy atom. The first-order valence-corrected chi connectivity index (χ1v) is 5.51. The minimum Gasteiger partial charge on any atom is -0.435 e. The van der Waals surface area contributed by atoms with Crippen molar-refractivity contribution in [2.45, 2.75) is 0 Å². The second-order valence-corrected chi connectivity index (χ2v) is 4.25. The summed E-state index contributed by atoms with van der Waals surface area (Å²) in [4.78, 5) is 4.98. The number of nitrogens with two attached hydrogens (primary N) is 1. The lowest BCUT2D eigenvalue weighted by atomic mass is 10.3. The number of hydrogen-bond acceptors (Lipinski definition) is 4. The number of benzene rings is 1. The van der Waals surface area contributed by atoms with E-state index in [1.54, 1.807) is 12.1 Å². The Morgan fingerprint density at radius 3 is 2.94 bits per heavy atom. The van der Waals surface area contributed by atoms with E-state index in [0.717, 1.165) is 4.88 Å². The number of halogens is 1. The summed E-state index contributed by atoms with van der Waals surface area (Å²) in [5.74, 6) is 0.111. The zero-order valence-electron chi connectivity index (χ0n) is 8.11. The Labute approximate surface area is 94.3 Å². The summed E-state index contributed by atoms with van der Waals surface area (Å²) in [5, 5.41) is 1.86. The Kier molecular flexibility index (Phi) is 1.94. The quantitative estimate of drug-likeness (QED) is 0.703. The molecule has 0 aliphatic rings. The van der Waals surface area contributed by atoms with E-state index in [1.165, 1.54) is 23.5 Å². The zero-order valence-corrected chi connectivity index (χ0v) is 8.92. The van der Waals surface area contributed by atoms with Gasteiger partial charge in [0.15, 0.2) is 5.58 Å². The van der Waals surface area contributed by atoms with Crippen LogP contribution >= 0.6 is 11.3 Å². The molecule has 0 aliphatic heterocycles. The predicted molar refractivity (Wildman–Crippen MR) is 61.7 cm³/mol. The monoisotopic (exact) mass is 234 g/mol. The molecule has 0 saturated heterocycles. The first-order chi connectivity index (χ1) is 7.74. The van der Waals surface area contributed by atoms with Gasteiger partial charge >= 0.3 is 0 Å². The molecule has 0 saturated carbocycles. The van der Waals surface area contributed by atoms with E-state index in [0.29, 0.717) is 22.7 Å². The number of hydrogen-bond donors (Lipinski definition) is 1. The van der Waals surface area contributed by atoms with Crippen LogP contribution in [0.2, 0.25) is 0 Å². The Bertz CT molecular complexity index is 659. The molecule has 3 rings (SSSR count). The summed E-state index contributed by atoms with van der Waals surface area (Å²) >= 11 is 1.45. The molecule has 0 spiro atoms. The fraction of sp³-hybridized carbons (Fsp3) is 0. The molecule has 2 heterocycles. The van der Waals surface area contributed by atoms with E-state index in [9.17, 15) is 4.39 Å². The lowest BCUT2D eigenvalue weighted by Crippen LogP contribution is -1.83. The van der Waals surface area contributed by atoms with Crippen molar-refractivity contribution in [1.82, 2.24) is 4.98 Å². The fourth-order valence-corrected chi connectivity index (χ4v) is 2.23. The maximum Gasteiger partial charge on any atom is 0.239 e. The largest absolute Gasteiger partial charge is 0.435 e. The summed E-state index contributed by atoms with van der Waals surface area (Å²) in [6.45, 7) is 0. The van der Waals surface area contributed by atoms with Gasteiger partial charge < -0.3 is 10.2 Å². The molecule has 0 radical (unpaired) electrons. The molecule has 16 heavy (non-hydrogen) atoms.